The SMILES string of the molecule is CC(C)(C)OC(=O)NC(C1CC1)C(O)C(=O)O. The van der Waals surface area contributed by atoms with E-state index in [0.29, 0.717) is 0 Å². The first-order valence-corrected chi connectivity index (χ1v) is 5.61. The zero-order valence-corrected chi connectivity index (χ0v) is 10.3. The summed E-state index contributed by atoms with van der Waals surface area (Å²) in [4.78, 5) is 22.2. The highest BCUT2D eigenvalue weighted by atomic mass is 16.6. The third-order valence-corrected chi connectivity index (χ3v) is 2.41. The van der Waals surface area contributed by atoms with Gasteiger partial charge in [-0.25, -0.2) is 9.59 Å². The number of ether oxygens (including phenoxy) is 1. The Morgan fingerprint density at radius 3 is 2.24 bits per heavy atom. The van der Waals surface area contributed by atoms with Gasteiger partial charge in [-0.2, -0.15) is 0 Å². The number of rotatable bonds is 4. The van der Waals surface area contributed by atoms with Crippen LogP contribution in [0.1, 0.15) is 33.6 Å². The Labute approximate surface area is 100.0 Å². The van der Waals surface area contributed by atoms with E-state index in [1.54, 1.807) is 20.8 Å². The third-order valence-electron chi connectivity index (χ3n) is 2.41. The number of carboxylic acid groups (broad SMARTS) is 1. The van der Waals surface area contributed by atoms with Gasteiger partial charge >= 0.3 is 12.1 Å². The van der Waals surface area contributed by atoms with E-state index >= 15 is 0 Å². The highest BCUT2D eigenvalue weighted by Crippen LogP contribution is 2.34. The molecule has 1 aliphatic rings. The third kappa shape index (κ3) is 4.60. The Morgan fingerprint density at radius 2 is 1.88 bits per heavy atom. The van der Waals surface area contributed by atoms with Crippen LogP contribution in [0, 0.1) is 5.92 Å². The Hall–Kier alpha value is -1.30. The minimum Gasteiger partial charge on any atom is -0.479 e. The van der Waals surface area contributed by atoms with Gasteiger partial charge < -0.3 is 20.3 Å². The summed E-state index contributed by atoms with van der Waals surface area (Å²) < 4.78 is 5.02. The Bertz CT molecular complexity index is 305. The predicted molar refractivity (Wildman–Crippen MR) is 59.5 cm³/mol. The van der Waals surface area contributed by atoms with E-state index in [-0.39, 0.29) is 5.92 Å². The average molecular weight is 245 g/mol. The zero-order valence-electron chi connectivity index (χ0n) is 10.3. The number of nitrogens with one attached hydrogen (secondary N) is 1. The van der Waals surface area contributed by atoms with Gasteiger partial charge in [-0.05, 0) is 39.5 Å². The van der Waals surface area contributed by atoms with Crippen molar-refractivity contribution in [3.8, 4) is 0 Å². The molecular weight excluding hydrogens is 226 g/mol. The minimum atomic E-state index is -1.59. The van der Waals surface area contributed by atoms with Crippen molar-refractivity contribution >= 4 is 12.1 Å². The van der Waals surface area contributed by atoms with Gasteiger partial charge in [0.05, 0.1) is 6.04 Å². The fourth-order valence-electron chi connectivity index (χ4n) is 1.51. The summed E-state index contributed by atoms with van der Waals surface area (Å²) in [7, 11) is 0. The van der Waals surface area contributed by atoms with Crippen LogP contribution in [-0.4, -0.2) is 40.0 Å². The molecule has 0 saturated heterocycles. The first kappa shape index (κ1) is 13.8. The normalized spacial score (nSPS) is 19.3. The molecule has 0 aromatic carbocycles. The number of carbonyl (C=O) groups is 2. The molecular formula is C11H19NO5. The lowest BCUT2D eigenvalue weighted by molar-refractivity contribution is -0.148. The standard InChI is InChI=1S/C11H19NO5/c1-11(2,3)17-10(16)12-7(6-4-5-6)8(13)9(14)15/h6-8,13H,4-5H2,1-3H3,(H,12,16)(H,14,15). The average Bonchev–Trinajstić information content (AvgIpc) is 2.93. The van der Waals surface area contributed by atoms with Crippen LogP contribution in [0.25, 0.3) is 0 Å². The lowest BCUT2D eigenvalue weighted by Gasteiger charge is -2.24. The number of hydrogen-bond acceptors (Lipinski definition) is 4. The lowest BCUT2D eigenvalue weighted by Crippen LogP contribution is -2.49. The molecule has 2 atom stereocenters. The van der Waals surface area contributed by atoms with Crippen LogP contribution in [0.4, 0.5) is 4.79 Å². The van der Waals surface area contributed by atoms with Crippen molar-refractivity contribution < 1.29 is 24.5 Å². The van der Waals surface area contributed by atoms with E-state index in [9.17, 15) is 14.7 Å². The van der Waals surface area contributed by atoms with Gasteiger partial charge in [0, 0.05) is 0 Å². The largest absolute Gasteiger partial charge is 0.479 e. The van der Waals surface area contributed by atoms with Crippen LogP contribution in [0.15, 0.2) is 0 Å². The second-order valence-corrected chi connectivity index (χ2v) is 5.29. The van der Waals surface area contributed by atoms with Crippen LogP contribution in [0.3, 0.4) is 0 Å². The lowest BCUT2D eigenvalue weighted by atomic mass is 10.1. The molecule has 0 aromatic heterocycles. The first-order chi connectivity index (χ1) is 7.70. The van der Waals surface area contributed by atoms with Gasteiger partial charge in [-0.1, -0.05) is 0 Å². The summed E-state index contributed by atoms with van der Waals surface area (Å²) in [5.74, 6) is -1.31. The number of aliphatic carboxylic acids is 1. The molecule has 6 nitrogen and oxygen atoms in total. The zero-order chi connectivity index (χ0) is 13.2. The Kier molecular flexibility index (Phi) is 3.98. The van der Waals surface area contributed by atoms with E-state index in [1.165, 1.54) is 0 Å². The van der Waals surface area contributed by atoms with Crippen LogP contribution < -0.4 is 5.32 Å². The van der Waals surface area contributed by atoms with Crippen LogP contribution in [0.5, 0.6) is 0 Å². The number of carbonyl (C=O) groups excluding carboxylic acids is 1. The van der Waals surface area contributed by atoms with E-state index in [4.69, 9.17) is 9.84 Å². The molecule has 3 N–H and O–H groups in total. The molecule has 0 spiro atoms. The summed E-state index contributed by atoms with van der Waals surface area (Å²) in [6.07, 6.45) is -0.667. The molecule has 0 bridgehead atoms. The van der Waals surface area contributed by atoms with E-state index in [0.717, 1.165) is 12.8 Å². The van der Waals surface area contributed by atoms with Crippen molar-refractivity contribution in [2.75, 3.05) is 0 Å². The minimum absolute atomic E-state index is 0.0219. The molecule has 0 aliphatic heterocycles. The molecule has 17 heavy (non-hydrogen) atoms. The Balaban J connectivity index is 2.55. The number of aliphatic hydroxyl groups excluding tert-OH is 1. The molecule has 6 heteroatoms. The fourth-order valence-corrected chi connectivity index (χ4v) is 1.51. The first-order valence-electron chi connectivity index (χ1n) is 5.61. The maximum absolute atomic E-state index is 11.5. The second-order valence-electron chi connectivity index (χ2n) is 5.29. The van der Waals surface area contributed by atoms with Crippen molar-refractivity contribution in [3.05, 3.63) is 0 Å². The number of aliphatic hydroxyl groups is 1. The number of carboxylic acids is 1. The smallest absolute Gasteiger partial charge is 0.407 e. The maximum atomic E-state index is 11.5. The summed E-state index contributed by atoms with van der Waals surface area (Å²) >= 11 is 0. The molecule has 1 aliphatic carbocycles. The van der Waals surface area contributed by atoms with E-state index in [2.05, 4.69) is 5.32 Å². The van der Waals surface area contributed by atoms with Gasteiger partial charge in [0.1, 0.15) is 5.60 Å². The van der Waals surface area contributed by atoms with E-state index in [1.807, 2.05) is 0 Å². The molecule has 0 aromatic rings. The number of amides is 1. The summed E-state index contributed by atoms with van der Waals surface area (Å²) in [5, 5.41) is 20.6. The van der Waals surface area contributed by atoms with Crippen LogP contribution in [0.2, 0.25) is 0 Å². The molecule has 1 amide bonds. The summed E-state index contributed by atoms with van der Waals surface area (Å²) in [5.41, 5.74) is -0.646. The number of alkyl carbamates (subject to hydrolysis) is 1. The summed E-state index contributed by atoms with van der Waals surface area (Å²) in [6, 6.07) is -0.776. The molecule has 2 unspecified atom stereocenters. The molecule has 0 heterocycles. The fraction of sp³-hybridized carbons (Fsp3) is 0.818. The van der Waals surface area contributed by atoms with Crippen molar-refractivity contribution in [2.24, 2.45) is 5.92 Å². The topological polar surface area (TPSA) is 95.9 Å². The summed E-state index contributed by atoms with van der Waals surface area (Å²) in [6.45, 7) is 5.14. The molecule has 0 radical (unpaired) electrons. The quantitative estimate of drug-likeness (QED) is 0.678. The van der Waals surface area contributed by atoms with Gasteiger partial charge in [-0.15, -0.1) is 0 Å². The number of hydrogen-bond donors (Lipinski definition) is 3. The van der Waals surface area contributed by atoms with Crippen LogP contribution >= 0.6 is 0 Å². The van der Waals surface area contributed by atoms with Crippen LogP contribution in [-0.2, 0) is 9.53 Å². The van der Waals surface area contributed by atoms with Gasteiger partial charge in [0.25, 0.3) is 0 Å². The second kappa shape index (κ2) is 4.91. The van der Waals surface area contributed by atoms with Gasteiger partial charge in [0.2, 0.25) is 0 Å². The van der Waals surface area contributed by atoms with Gasteiger partial charge in [-0.3, -0.25) is 0 Å². The highest BCUT2D eigenvalue weighted by molar-refractivity contribution is 5.75. The molecule has 98 valence electrons. The van der Waals surface area contributed by atoms with Crippen molar-refractivity contribution in [3.63, 3.8) is 0 Å². The van der Waals surface area contributed by atoms with Crippen molar-refractivity contribution in [1.82, 2.24) is 5.32 Å². The van der Waals surface area contributed by atoms with Crippen molar-refractivity contribution in [1.29, 1.82) is 0 Å². The maximum Gasteiger partial charge on any atom is 0.407 e. The predicted octanol–water partition coefficient (Wildman–Crippen LogP) is 0.735. The highest BCUT2D eigenvalue weighted by Gasteiger charge is 2.40. The van der Waals surface area contributed by atoms with Gasteiger partial charge in [0.15, 0.2) is 6.10 Å². The molecule has 1 saturated carbocycles. The molecule has 1 fully saturated rings. The monoisotopic (exact) mass is 245 g/mol. The van der Waals surface area contributed by atoms with E-state index < -0.39 is 29.8 Å². The van der Waals surface area contributed by atoms with Crippen molar-refractivity contribution in [2.45, 2.75) is 51.4 Å². The molecule has 1 rings (SSSR count). The Morgan fingerprint density at radius 1 is 1.35 bits per heavy atom.